The first-order valence-corrected chi connectivity index (χ1v) is 7.84. The Hall–Kier alpha value is -1.65. The Morgan fingerprint density at radius 3 is 2.70 bits per heavy atom. The fourth-order valence-corrected chi connectivity index (χ4v) is 3.44. The molecule has 0 bridgehead atoms. The molecule has 0 unspecified atom stereocenters. The third kappa shape index (κ3) is 2.15. The van der Waals surface area contributed by atoms with Gasteiger partial charge >= 0.3 is 0 Å². The van der Waals surface area contributed by atoms with Crippen LogP contribution in [0.25, 0.3) is 21.3 Å². The molecule has 0 saturated heterocycles. The van der Waals surface area contributed by atoms with Crippen LogP contribution < -0.4 is 5.32 Å². The van der Waals surface area contributed by atoms with Gasteiger partial charge in [0.1, 0.15) is 10.6 Å². The van der Waals surface area contributed by atoms with Crippen LogP contribution in [0.3, 0.4) is 0 Å². The molecule has 1 saturated carbocycles. The average molecular weight is 302 g/mol. The summed E-state index contributed by atoms with van der Waals surface area (Å²) < 4.78 is 0. The maximum absolute atomic E-state index is 6.03. The summed E-state index contributed by atoms with van der Waals surface area (Å²) in [5.74, 6) is 0.864. The molecule has 1 N–H and O–H groups in total. The zero-order valence-electron chi connectivity index (χ0n) is 10.6. The van der Waals surface area contributed by atoms with E-state index in [1.54, 1.807) is 11.3 Å². The molecule has 2 heterocycles. The molecule has 0 spiro atoms. The lowest BCUT2D eigenvalue weighted by Gasteiger charge is -2.07. The van der Waals surface area contributed by atoms with Crippen molar-refractivity contribution in [3.8, 4) is 11.1 Å². The third-order valence-electron chi connectivity index (χ3n) is 3.41. The van der Waals surface area contributed by atoms with E-state index in [2.05, 4.69) is 32.8 Å². The number of rotatable bonds is 3. The SMILES string of the molecule is Clc1nc(NC2CC2)c2c(-c3ccccc3)csc2n1. The normalized spacial score (nSPS) is 14.7. The monoisotopic (exact) mass is 301 g/mol. The van der Waals surface area contributed by atoms with Gasteiger partial charge in [-0.2, -0.15) is 0 Å². The molecule has 0 aliphatic heterocycles. The van der Waals surface area contributed by atoms with E-state index in [0.29, 0.717) is 11.3 Å². The van der Waals surface area contributed by atoms with Gasteiger partial charge in [0.15, 0.2) is 0 Å². The first-order valence-electron chi connectivity index (χ1n) is 6.58. The van der Waals surface area contributed by atoms with Crippen molar-refractivity contribution < 1.29 is 0 Å². The molecule has 1 fully saturated rings. The van der Waals surface area contributed by atoms with Gasteiger partial charge in [0, 0.05) is 17.0 Å². The summed E-state index contributed by atoms with van der Waals surface area (Å²) in [6.45, 7) is 0. The van der Waals surface area contributed by atoms with Gasteiger partial charge in [-0.25, -0.2) is 9.97 Å². The van der Waals surface area contributed by atoms with Crippen molar-refractivity contribution in [3.05, 3.63) is 41.0 Å². The summed E-state index contributed by atoms with van der Waals surface area (Å²) in [4.78, 5) is 9.67. The van der Waals surface area contributed by atoms with E-state index in [1.165, 1.54) is 24.0 Å². The molecule has 4 rings (SSSR count). The van der Waals surface area contributed by atoms with E-state index in [1.807, 2.05) is 18.2 Å². The minimum absolute atomic E-state index is 0.308. The first-order chi connectivity index (χ1) is 9.81. The Labute approximate surface area is 125 Å². The van der Waals surface area contributed by atoms with Gasteiger partial charge in [-0.1, -0.05) is 30.3 Å². The van der Waals surface area contributed by atoms with E-state index in [-0.39, 0.29) is 0 Å². The van der Waals surface area contributed by atoms with Crippen LogP contribution in [0.4, 0.5) is 5.82 Å². The molecule has 0 amide bonds. The van der Waals surface area contributed by atoms with Crippen LogP contribution in [0.1, 0.15) is 12.8 Å². The first kappa shape index (κ1) is 12.1. The second kappa shape index (κ2) is 4.72. The smallest absolute Gasteiger partial charge is 0.225 e. The number of benzene rings is 1. The predicted octanol–water partition coefficient (Wildman–Crippen LogP) is 4.59. The molecule has 1 aliphatic carbocycles. The molecule has 1 aromatic carbocycles. The molecule has 20 heavy (non-hydrogen) atoms. The number of fused-ring (bicyclic) bond motifs is 1. The second-order valence-electron chi connectivity index (χ2n) is 4.96. The van der Waals surface area contributed by atoms with Crippen LogP contribution in [-0.2, 0) is 0 Å². The molecule has 0 radical (unpaired) electrons. The van der Waals surface area contributed by atoms with E-state index in [9.17, 15) is 0 Å². The highest BCUT2D eigenvalue weighted by Crippen LogP contribution is 2.38. The summed E-state index contributed by atoms with van der Waals surface area (Å²) >= 11 is 7.64. The molecular formula is C15H12ClN3S. The minimum atomic E-state index is 0.308. The lowest BCUT2D eigenvalue weighted by atomic mass is 10.1. The highest BCUT2D eigenvalue weighted by Gasteiger charge is 2.24. The number of hydrogen-bond donors (Lipinski definition) is 1. The lowest BCUT2D eigenvalue weighted by Crippen LogP contribution is -2.04. The fourth-order valence-electron chi connectivity index (χ4n) is 2.27. The van der Waals surface area contributed by atoms with Crippen molar-refractivity contribution in [2.24, 2.45) is 0 Å². The molecule has 2 aromatic heterocycles. The highest BCUT2D eigenvalue weighted by molar-refractivity contribution is 7.17. The highest BCUT2D eigenvalue weighted by atomic mass is 35.5. The summed E-state index contributed by atoms with van der Waals surface area (Å²) in [5, 5.41) is 6.98. The molecule has 0 atom stereocenters. The van der Waals surface area contributed by atoms with Gasteiger partial charge in [0.05, 0.1) is 5.39 Å². The topological polar surface area (TPSA) is 37.8 Å². The summed E-state index contributed by atoms with van der Waals surface area (Å²) in [5.41, 5.74) is 2.36. The molecule has 3 aromatic rings. The number of thiophene rings is 1. The summed E-state index contributed by atoms with van der Waals surface area (Å²) in [6.07, 6.45) is 2.40. The van der Waals surface area contributed by atoms with Crippen molar-refractivity contribution in [1.29, 1.82) is 0 Å². The van der Waals surface area contributed by atoms with Crippen LogP contribution in [0.15, 0.2) is 35.7 Å². The van der Waals surface area contributed by atoms with Crippen LogP contribution >= 0.6 is 22.9 Å². The quantitative estimate of drug-likeness (QED) is 0.719. The second-order valence-corrected chi connectivity index (χ2v) is 6.15. The predicted molar refractivity (Wildman–Crippen MR) is 84.5 cm³/mol. The largest absolute Gasteiger partial charge is 0.367 e. The molecular weight excluding hydrogens is 290 g/mol. The number of halogens is 1. The number of nitrogens with one attached hydrogen (secondary N) is 1. The van der Waals surface area contributed by atoms with Crippen molar-refractivity contribution >= 4 is 39.0 Å². The van der Waals surface area contributed by atoms with Crippen LogP contribution in [0.2, 0.25) is 5.28 Å². The van der Waals surface area contributed by atoms with Crippen molar-refractivity contribution in [3.63, 3.8) is 0 Å². The van der Waals surface area contributed by atoms with Gasteiger partial charge in [-0.3, -0.25) is 0 Å². The Kier molecular flexibility index (Phi) is 2.86. The molecule has 100 valence electrons. The standard InChI is InChI=1S/C15H12ClN3S/c16-15-18-13(17-10-6-7-10)12-11(8-20-14(12)19-15)9-4-2-1-3-5-9/h1-5,8,10H,6-7H2,(H,17,18,19). The van der Waals surface area contributed by atoms with Gasteiger partial charge < -0.3 is 5.32 Å². The Morgan fingerprint density at radius 2 is 1.95 bits per heavy atom. The maximum atomic E-state index is 6.03. The van der Waals surface area contributed by atoms with Crippen molar-refractivity contribution in [2.45, 2.75) is 18.9 Å². The lowest BCUT2D eigenvalue weighted by molar-refractivity contribution is 1.11. The van der Waals surface area contributed by atoms with Crippen LogP contribution in [-0.4, -0.2) is 16.0 Å². The van der Waals surface area contributed by atoms with Gasteiger partial charge in [-0.15, -0.1) is 11.3 Å². The third-order valence-corrected chi connectivity index (χ3v) is 4.45. The van der Waals surface area contributed by atoms with E-state index in [4.69, 9.17) is 11.6 Å². The Balaban J connectivity index is 1.93. The molecule has 5 heteroatoms. The Bertz CT molecular complexity index is 765. The zero-order valence-corrected chi connectivity index (χ0v) is 12.2. The number of nitrogens with zero attached hydrogens (tertiary/aromatic N) is 2. The fraction of sp³-hybridized carbons (Fsp3) is 0.200. The van der Waals surface area contributed by atoms with Gasteiger partial charge in [-0.05, 0) is 30.0 Å². The van der Waals surface area contributed by atoms with Crippen molar-refractivity contribution in [2.75, 3.05) is 5.32 Å². The van der Waals surface area contributed by atoms with Crippen molar-refractivity contribution in [1.82, 2.24) is 9.97 Å². The van der Waals surface area contributed by atoms with E-state index >= 15 is 0 Å². The minimum Gasteiger partial charge on any atom is -0.367 e. The molecule has 1 aliphatic rings. The number of hydrogen-bond acceptors (Lipinski definition) is 4. The zero-order chi connectivity index (χ0) is 13.5. The van der Waals surface area contributed by atoms with E-state index < -0.39 is 0 Å². The number of anilines is 1. The van der Waals surface area contributed by atoms with Gasteiger partial charge in [0.2, 0.25) is 5.28 Å². The summed E-state index contributed by atoms with van der Waals surface area (Å²) in [7, 11) is 0. The number of aromatic nitrogens is 2. The van der Waals surface area contributed by atoms with E-state index in [0.717, 1.165) is 16.0 Å². The van der Waals surface area contributed by atoms with Gasteiger partial charge in [0.25, 0.3) is 0 Å². The molecule has 3 nitrogen and oxygen atoms in total. The summed E-state index contributed by atoms with van der Waals surface area (Å²) in [6, 6.07) is 10.9. The average Bonchev–Trinajstić information content (AvgIpc) is 3.16. The van der Waals surface area contributed by atoms with Crippen LogP contribution in [0.5, 0.6) is 0 Å². The Morgan fingerprint density at radius 1 is 1.15 bits per heavy atom. The maximum Gasteiger partial charge on any atom is 0.225 e. The van der Waals surface area contributed by atoms with Crippen LogP contribution in [0, 0.1) is 0 Å².